The number of anilines is 1. The van der Waals surface area contributed by atoms with Gasteiger partial charge in [0, 0.05) is 11.6 Å². The van der Waals surface area contributed by atoms with E-state index in [0.717, 1.165) is 28.1 Å². The van der Waals surface area contributed by atoms with Crippen LogP contribution >= 0.6 is 0 Å². The second kappa shape index (κ2) is 4.11. The molecule has 90 valence electrons. The van der Waals surface area contributed by atoms with Gasteiger partial charge in [-0.15, -0.1) is 6.42 Å². The van der Waals surface area contributed by atoms with Gasteiger partial charge in [-0.2, -0.15) is 0 Å². The summed E-state index contributed by atoms with van der Waals surface area (Å²) >= 11 is 0. The number of fused-ring (bicyclic) bond motifs is 2. The smallest absolute Gasteiger partial charge is 0.231 e. The molecule has 1 aliphatic heterocycles. The first-order chi connectivity index (χ1) is 8.78. The average molecular weight is 240 g/mol. The van der Waals surface area contributed by atoms with Crippen LogP contribution in [0.4, 0.5) is 5.82 Å². The molecule has 1 N–H and O–H groups in total. The highest BCUT2D eigenvalue weighted by molar-refractivity contribution is 5.94. The SMILES string of the molecule is C#CC(C)Nc1nccc2cc3c(cc12)OCO3. The second-order valence-electron chi connectivity index (χ2n) is 4.12. The Balaban J connectivity index is 2.13. The average Bonchev–Trinajstić information content (AvgIpc) is 2.83. The van der Waals surface area contributed by atoms with E-state index in [1.807, 2.05) is 25.1 Å². The third kappa shape index (κ3) is 1.70. The van der Waals surface area contributed by atoms with Crippen molar-refractivity contribution in [2.45, 2.75) is 13.0 Å². The van der Waals surface area contributed by atoms with Gasteiger partial charge in [0.1, 0.15) is 5.82 Å². The molecule has 4 nitrogen and oxygen atoms in total. The molecule has 2 aromatic rings. The number of pyridine rings is 1. The molecular weight excluding hydrogens is 228 g/mol. The number of ether oxygens (including phenoxy) is 2. The Bertz CT molecular complexity index is 646. The fourth-order valence-electron chi connectivity index (χ4n) is 1.92. The normalized spacial score (nSPS) is 14.2. The molecule has 18 heavy (non-hydrogen) atoms. The molecule has 0 fully saturated rings. The maximum absolute atomic E-state index is 5.37. The summed E-state index contributed by atoms with van der Waals surface area (Å²) in [6.07, 6.45) is 7.12. The van der Waals surface area contributed by atoms with Crippen molar-refractivity contribution < 1.29 is 9.47 Å². The van der Waals surface area contributed by atoms with Crippen LogP contribution in [-0.2, 0) is 0 Å². The van der Waals surface area contributed by atoms with Gasteiger partial charge < -0.3 is 14.8 Å². The number of terminal acetylenes is 1. The van der Waals surface area contributed by atoms with Crippen molar-refractivity contribution in [2.75, 3.05) is 12.1 Å². The zero-order valence-corrected chi connectivity index (χ0v) is 9.93. The number of rotatable bonds is 2. The number of nitrogens with one attached hydrogen (secondary N) is 1. The summed E-state index contributed by atoms with van der Waals surface area (Å²) in [6.45, 7) is 2.18. The Morgan fingerprint density at radius 2 is 2.17 bits per heavy atom. The summed E-state index contributed by atoms with van der Waals surface area (Å²) in [5.74, 6) is 4.89. The van der Waals surface area contributed by atoms with E-state index >= 15 is 0 Å². The highest BCUT2D eigenvalue weighted by atomic mass is 16.7. The van der Waals surface area contributed by atoms with Crippen LogP contribution in [0, 0.1) is 12.3 Å². The lowest BCUT2D eigenvalue weighted by Crippen LogP contribution is -2.13. The summed E-state index contributed by atoms with van der Waals surface area (Å²) in [5.41, 5.74) is 0. The third-order valence-corrected chi connectivity index (χ3v) is 2.86. The topological polar surface area (TPSA) is 43.4 Å². The Morgan fingerprint density at radius 1 is 1.39 bits per heavy atom. The van der Waals surface area contributed by atoms with Gasteiger partial charge >= 0.3 is 0 Å². The minimum absolute atomic E-state index is 0.0754. The molecule has 3 rings (SSSR count). The van der Waals surface area contributed by atoms with Crippen molar-refractivity contribution in [3.05, 3.63) is 24.4 Å². The molecule has 1 unspecified atom stereocenters. The maximum Gasteiger partial charge on any atom is 0.231 e. The van der Waals surface area contributed by atoms with Crippen LogP contribution < -0.4 is 14.8 Å². The van der Waals surface area contributed by atoms with Gasteiger partial charge in [-0.05, 0) is 30.5 Å². The molecule has 0 radical (unpaired) electrons. The molecule has 1 aromatic heterocycles. The molecule has 2 heterocycles. The molecule has 0 bridgehead atoms. The van der Waals surface area contributed by atoms with Crippen molar-refractivity contribution in [1.82, 2.24) is 4.98 Å². The highest BCUT2D eigenvalue weighted by Crippen LogP contribution is 2.37. The number of hydrogen-bond acceptors (Lipinski definition) is 4. The van der Waals surface area contributed by atoms with Gasteiger partial charge in [0.05, 0.1) is 6.04 Å². The summed E-state index contributed by atoms with van der Waals surface area (Å²) in [6, 6.07) is 5.73. The fourth-order valence-corrected chi connectivity index (χ4v) is 1.92. The van der Waals surface area contributed by atoms with Crippen molar-refractivity contribution >= 4 is 16.6 Å². The lowest BCUT2D eigenvalue weighted by atomic mass is 10.1. The molecule has 0 spiro atoms. The van der Waals surface area contributed by atoms with Gasteiger partial charge in [0.25, 0.3) is 0 Å². The van der Waals surface area contributed by atoms with E-state index in [9.17, 15) is 0 Å². The molecule has 0 aliphatic carbocycles. The van der Waals surface area contributed by atoms with E-state index in [2.05, 4.69) is 16.2 Å². The first-order valence-electron chi connectivity index (χ1n) is 5.69. The number of hydrogen-bond donors (Lipinski definition) is 1. The lowest BCUT2D eigenvalue weighted by molar-refractivity contribution is 0.174. The molecule has 0 saturated carbocycles. The van der Waals surface area contributed by atoms with Crippen LogP contribution in [-0.4, -0.2) is 17.8 Å². The Hall–Kier alpha value is -2.41. The molecular formula is C14H12N2O2. The van der Waals surface area contributed by atoms with Gasteiger partial charge in [0.15, 0.2) is 11.5 Å². The quantitative estimate of drug-likeness (QED) is 0.818. The van der Waals surface area contributed by atoms with E-state index in [1.54, 1.807) is 6.20 Å². The monoisotopic (exact) mass is 240 g/mol. The van der Waals surface area contributed by atoms with Crippen LogP contribution in [0.15, 0.2) is 24.4 Å². The minimum Gasteiger partial charge on any atom is -0.454 e. The molecule has 0 saturated heterocycles. The second-order valence-corrected chi connectivity index (χ2v) is 4.12. The maximum atomic E-state index is 5.37. The van der Waals surface area contributed by atoms with Gasteiger partial charge in [-0.25, -0.2) is 4.98 Å². The summed E-state index contributed by atoms with van der Waals surface area (Å²) < 4.78 is 10.7. The Morgan fingerprint density at radius 3 is 2.94 bits per heavy atom. The molecule has 1 aliphatic rings. The van der Waals surface area contributed by atoms with Crippen LogP contribution in [0.3, 0.4) is 0 Å². The molecule has 1 aromatic carbocycles. The van der Waals surface area contributed by atoms with Crippen molar-refractivity contribution in [3.8, 4) is 23.8 Å². The highest BCUT2D eigenvalue weighted by Gasteiger charge is 2.16. The summed E-state index contributed by atoms with van der Waals surface area (Å²) in [4.78, 5) is 4.32. The van der Waals surface area contributed by atoms with Crippen LogP contribution in [0.5, 0.6) is 11.5 Å². The van der Waals surface area contributed by atoms with E-state index in [4.69, 9.17) is 15.9 Å². The number of nitrogens with zero attached hydrogens (tertiary/aromatic N) is 1. The van der Waals surface area contributed by atoms with Gasteiger partial charge in [-0.1, -0.05) is 5.92 Å². The van der Waals surface area contributed by atoms with Crippen molar-refractivity contribution in [3.63, 3.8) is 0 Å². The zero-order valence-electron chi connectivity index (χ0n) is 9.93. The van der Waals surface area contributed by atoms with E-state index < -0.39 is 0 Å². The van der Waals surface area contributed by atoms with Crippen molar-refractivity contribution in [1.29, 1.82) is 0 Å². The molecule has 1 atom stereocenters. The molecule has 4 heteroatoms. The standard InChI is InChI=1S/C14H12N2O2/c1-3-9(2)16-14-11-7-13-12(17-8-18-13)6-10(11)4-5-15-14/h1,4-7,9H,8H2,2H3,(H,15,16). The predicted octanol–water partition coefficient (Wildman–Crippen LogP) is 2.40. The first kappa shape index (κ1) is 10.7. The zero-order chi connectivity index (χ0) is 12.5. The van der Waals surface area contributed by atoms with Gasteiger partial charge in [-0.3, -0.25) is 0 Å². The first-order valence-corrected chi connectivity index (χ1v) is 5.69. The van der Waals surface area contributed by atoms with Gasteiger partial charge in [0.2, 0.25) is 6.79 Å². The Kier molecular flexibility index (Phi) is 2.45. The largest absolute Gasteiger partial charge is 0.454 e. The van der Waals surface area contributed by atoms with Crippen molar-refractivity contribution in [2.24, 2.45) is 0 Å². The summed E-state index contributed by atoms with van der Waals surface area (Å²) in [7, 11) is 0. The number of aromatic nitrogens is 1. The third-order valence-electron chi connectivity index (χ3n) is 2.86. The Labute approximate surface area is 105 Å². The summed E-state index contributed by atoms with van der Waals surface area (Å²) in [5, 5.41) is 5.20. The predicted molar refractivity (Wildman–Crippen MR) is 69.8 cm³/mol. The lowest BCUT2D eigenvalue weighted by Gasteiger charge is -2.11. The minimum atomic E-state index is -0.0754. The molecule has 0 amide bonds. The van der Waals surface area contributed by atoms with Crippen LogP contribution in [0.2, 0.25) is 0 Å². The van der Waals surface area contributed by atoms with E-state index in [-0.39, 0.29) is 12.8 Å². The van der Waals surface area contributed by atoms with E-state index in [1.165, 1.54) is 0 Å². The van der Waals surface area contributed by atoms with Crippen LogP contribution in [0.25, 0.3) is 10.8 Å². The van der Waals surface area contributed by atoms with E-state index in [0.29, 0.717) is 0 Å². The fraction of sp³-hybridized carbons (Fsp3) is 0.214. The number of benzene rings is 1. The van der Waals surface area contributed by atoms with Crippen LogP contribution in [0.1, 0.15) is 6.92 Å².